The summed E-state index contributed by atoms with van der Waals surface area (Å²) in [5.74, 6) is -0.841. The third kappa shape index (κ3) is 5.70. The van der Waals surface area contributed by atoms with E-state index in [9.17, 15) is 9.59 Å². The maximum absolute atomic E-state index is 12.2. The van der Waals surface area contributed by atoms with Gasteiger partial charge in [-0.1, -0.05) is 18.2 Å². The Kier molecular flexibility index (Phi) is 7.21. The van der Waals surface area contributed by atoms with Crippen molar-refractivity contribution < 1.29 is 14.3 Å². The van der Waals surface area contributed by atoms with Crippen LogP contribution < -0.4 is 10.2 Å². The van der Waals surface area contributed by atoms with Crippen LogP contribution in [-0.2, 0) is 9.53 Å². The molecule has 0 aliphatic heterocycles. The first-order chi connectivity index (χ1) is 14.5. The molecule has 1 heterocycles. The lowest BCUT2D eigenvalue weighted by Gasteiger charge is -2.19. The van der Waals surface area contributed by atoms with Gasteiger partial charge in [0.05, 0.1) is 11.3 Å². The van der Waals surface area contributed by atoms with Gasteiger partial charge in [0.15, 0.2) is 6.61 Å². The van der Waals surface area contributed by atoms with Crippen LogP contribution in [0.2, 0.25) is 0 Å². The first-order valence-corrected chi connectivity index (χ1v) is 9.85. The second-order valence-corrected chi connectivity index (χ2v) is 6.97. The van der Waals surface area contributed by atoms with Crippen molar-refractivity contribution in [1.82, 2.24) is 15.1 Å². The van der Waals surface area contributed by atoms with Crippen LogP contribution in [-0.4, -0.2) is 48.4 Å². The molecule has 3 aromatic rings. The Balaban J connectivity index is 1.37. The molecule has 7 heteroatoms. The highest BCUT2D eigenvalue weighted by molar-refractivity contribution is 5.91. The molecule has 1 N–H and O–H groups in total. The van der Waals surface area contributed by atoms with Crippen LogP contribution >= 0.6 is 0 Å². The second-order valence-electron chi connectivity index (χ2n) is 6.97. The van der Waals surface area contributed by atoms with E-state index >= 15 is 0 Å². The summed E-state index contributed by atoms with van der Waals surface area (Å²) in [4.78, 5) is 26.2. The van der Waals surface area contributed by atoms with Crippen molar-refractivity contribution >= 4 is 17.6 Å². The number of aromatic nitrogens is 2. The Bertz CT molecular complexity index is 968. The fraction of sp³-hybridized carbons (Fsp3) is 0.261. The number of amides is 1. The van der Waals surface area contributed by atoms with Gasteiger partial charge in [-0.15, -0.1) is 0 Å². The molecule has 1 aromatic heterocycles. The number of aryl methyl sites for hydroxylation is 1. The average molecular weight is 406 g/mol. The zero-order valence-corrected chi connectivity index (χ0v) is 17.2. The summed E-state index contributed by atoms with van der Waals surface area (Å²) in [5.41, 5.74) is 3.37. The van der Waals surface area contributed by atoms with Gasteiger partial charge in [-0.2, -0.15) is 5.10 Å². The molecule has 2 aromatic carbocycles. The largest absolute Gasteiger partial charge is 0.452 e. The molecular weight excluding hydrogens is 380 g/mol. The Hall–Kier alpha value is -3.61. The highest BCUT2D eigenvalue weighted by Crippen LogP contribution is 2.12. The van der Waals surface area contributed by atoms with Gasteiger partial charge in [0, 0.05) is 37.7 Å². The molecule has 156 valence electrons. The molecule has 30 heavy (non-hydrogen) atoms. The van der Waals surface area contributed by atoms with Gasteiger partial charge in [-0.3, -0.25) is 4.79 Å². The molecule has 3 rings (SSSR count). The molecule has 0 atom stereocenters. The molecule has 0 fully saturated rings. The van der Waals surface area contributed by atoms with Crippen molar-refractivity contribution in [3.8, 4) is 5.69 Å². The topological polar surface area (TPSA) is 76.5 Å². The van der Waals surface area contributed by atoms with E-state index in [2.05, 4.69) is 15.3 Å². The van der Waals surface area contributed by atoms with E-state index in [-0.39, 0.29) is 12.5 Å². The number of carbonyl (C=O) groups excluding carboxylic acids is 2. The molecule has 0 saturated carbocycles. The van der Waals surface area contributed by atoms with Crippen LogP contribution in [0.25, 0.3) is 5.69 Å². The van der Waals surface area contributed by atoms with E-state index in [1.165, 1.54) is 0 Å². The summed E-state index contributed by atoms with van der Waals surface area (Å²) in [6.07, 6.45) is 2.51. The van der Waals surface area contributed by atoms with Crippen LogP contribution in [0, 0.1) is 6.92 Å². The summed E-state index contributed by atoms with van der Waals surface area (Å²) in [6, 6.07) is 18.9. The molecule has 0 aliphatic rings. The highest BCUT2D eigenvalue weighted by Gasteiger charge is 2.11. The van der Waals surface area contributed by atoms with E-state index in [4.69, 9.17) is 4.74 Å². The van der Waals surface area contributed by atoms with Crippen LogP contribution in [0.5, 0.6) is 0 Å². The standard InChI is InChI=1S/C23H26N4O3/c1-18-13-15-25-27(18)21-11-9-19(10-12-21)23(29)30-17-22(28)24-14-6-16-26(2)20-7-4-3-5-8-20/h3-5,7-13,15H,6,14,16-17H2,1-2H3,(H,24,28). The molecule has 0 bridgehead atoms. The summed E-state index contributed by atoms with van der Waals surface area (Å²) < 4.78 is 6.88. The Morgan fingerprint density at radius 2 is 1.80 bits per heavy atom. The number of carbonyl (C=O) groups is 2. The molecule has 0 spiro atoms. The summed E-state index contributed by atoms with van der Waals surface area (Å²) >= 11 is 0. The molecular formula is C23H26N4O3. The van der Waals surface area contributed by atoms with Crippen molar-refractivity contribution in [3.63, 3.8) is 0 Å². The number of para-hydroxylation sites is 1. The lowest BCUT2D eigenvalue weighted by Crippen LogP contribution is -2.31. The second kappa shape index (κ2) is 10.2. The van der Waals surface area contributed by atoms with Gasteiger partial charge >= 0.3 is 5.97 Å². The average Bonchev–Trinajstić information content (AvgIpc) is 3.21. The van der Waals surface area contributed by atoms with E-state index in [1.54, 1.807) is 35.1 Å². The minimum Gasteiger partial charge on any atom is -0.452 e. The number of ether oxygens (including phenoxy) is 1. The van der Waals surface area contributed by atoms with Gasteiger partial charge in [-0.05, 0) is 55.8 Å². The number of rotatable bonds is 9. The first-order valence-electron chi connectivity index (χ1n) is 9.85. The summed E-state index contributed by atoms with van der Waals surface area (Å²) in [6.45, 7) is 2.98. The van der Waals surface area contributed by atoms with Crippen LogP contribution in [0.4, 0.5) is 5.69 Å². The number of anilines is 1. The zero-order chi connectivity index (χ0) is 21.3. The van der Waals surface area contributed by atoms with E-state index < -0.39 is 5.97 Å². The number of esters is 1. The number of hydrogen-bond donors (Lipinski definition) is 1. The molecule has 0 aliphatic carbocycles. The van der Waals surface area contributed by atoms with Crippen molar-refractivity contribution in [1.29, 1.82) is 0 Å². The SMILES string of the molecule is Cc1ccnn1-c1ccc(C(=O)OCC(=O)NCCCN(C)c2ccccc2)cc1. The van der Waals surface area contributed by atoms with Crippen molar-refractivity contribution in [2.24, 2.45) is 0 Å². The molecule has 0 unspecified atom stereocenters. The molecule has 0 saturated heterocycles. The number of hydrogen-bond acceptors (Lipinski definition) is 5. The summed E-state index contributed by atoms with van der Waals surface area (Å²) in [5, 5.41) is 7.00. The van der Waals surface area contributed by atoms with Crippen molar-refractivity contribution in [2.75, 3.05) is 31.6 Å². The lowest BCUT2D eigenvalue weighted by molar-refractivity contribution is -0.124. The third-order valence-corrected chi connectivity index (χ3v) is 4.70. The van der Waals surface area contributed by atoms with Gasteiger partial charge < -0.3 is 15.0 Å². The number of nitrogens with zero attached hydrogens (tertiary/aromatic N) is 3. The van der Waals surface area contributed by atoms with Crippen LogP contribution in [0.1, 0.15) is 22.5 Å². The van der Waals surface area contributed by atoms with Crippen molar-refractivity contribution in [2.45, 2.75) is 13.3 Å². The monoisotopic (exact) mass is 406 g/mol. The Morgan fingerprint density at radius 1 is 1.07 bits per heavy atom. The minimum atomic E-state index is -0.530. The van der Waals surface area contributed by atoms with Gasteiger partial charge in [0.2, 0.25) is 0 Å². The predicted molar refractivity (Wildman–Crippen MR) is 116 cm³/mol. The predicted octanol–water partition coefficient (Wildman–Crippen LogP) is 2.98. The molecule has 7 nitrogen and oxygen atoms in total. The zero-order valence-electron chi connectivity index (χ0n) is 17.2. The lowest BCUT2D eigenvalue weighted by atomic mass is 10.2. The van der Waals surface area contributed by atoms with Gasteiger partial charge in [0.1, 0.15) is 0 Å². The fourth-order valence-corrected chi connectivity index (χ4v) is 3.00. The smallest absolute Gasteiger partial charge is 0.338 e. The van der Waals surface area contributed by atoms with Crippen LogP contribution in [0.15, 0.2) is 66.9 Å². The maximum Gasteiger partial charge on any atom is 0.338 e. The van der Waals surface area contributed by atoms with Gasteiger partial charge in [0.25, 0.3) is 5.91 Å². The fourth-order valence-electron chi connectivity index (χ4n) is 3.00. The maximum atomic E-state index is 12.2. The molecule has 0 radical (unpaired) electrons. The van der Waals surface area contributed by atoms with Gasteiger partial charge in [-0.25, -0.2) is 9.48 Å². The summed E-state index contributed by atoms with van der Waals surface area (Å²) in [7, 11) is 2.01. The third-order valence-electron chi connectivity index (χ3n) is 4.70. The first kappa shape index (κ1) is 21.1. The number of nitrogens with one attached hydrogen (secondary N) is 1. The quantitative estimate of drug-likeness (QED) is 0.437. The number of benzene rings is 2. The minimum absolute atomic E-state index is 0.298. The van der Waals surface area contributed by atoms with Crippen LogP contribution in [0.3, 0.4) is 0 Å². The van der Waals surface area contributed by atoms with Crippen molar-refractivity contribution in [3.05, 3.63) is 78.1 Å². The van der Waals surface area contributed by atoms with E-state index in [1.807, 2.05) is 50.4 Å². The van der Waals surface area contributed by atoms with E-state index in [0.29, 0.717) is 12.1 Å². The highest BCUT2D eigenvalue weighted by atomic mass is 16.5. The Labute approximate surface area is 176 Å². The molecule has 1 amide bonds. The Morgan fingerprint density at radius 3 is 2.47 bits per heavy atom. The van der Waals surface area contributed by atoms with E-state index in [0.717, 1.165) is 30.0 Å². The normalized spacial score (nSPS) is 10.5.